The van der Waals surface area contributed by atoms with E-state index in [2.05, 4.69) is 87.5 Å². The van der Waals surface area contributed by atoms with Crippen LogP contribution in [0, 0.1) is 3.57 Å². The van der Waals surface area contributed by atoms with Gasteiger partial charge >= 0.3 is 0 Å². The topological polar surface area (TPSA) is 30.3 Å². The monoisotopic (exact) mass is 503 g/mol. The van der Waals surface area contributed by atoms with Crippen LogP contribution >= 0.6 is 22.6 Å². The van der Waals surface area contributed by atoms with E-state index < -0.39 is 0 Å². The smallest absolute Gasteiger partial charge is 0.113 e. The lowest BCUT2D eigenvalue weighted by atomic mass is 9.95. The predicted molar refractivity (Wildman–Crippen MR) is 128 cm³/mol. The number of aromatic nitrogens is 2. The van der Waals surface area contributed by atoms with E-state index in [-0.39, 0.29) is 0 Å². The number of fused-ring (bicyclic) bond motifs is 1. The molecule has 3 aromatic rings. The molecule has 0 aliphatic carbocycles. The van der Waals surface area contributed by atoms with Gasteiger partial charge in [0, 0.05) is 29.2 Å². The standard InChI is InChI=1S/C24H30IN3O/c1-2-29-18-17-28-23-6-4-3-5-22(23)26-24(28)20-12-15-27(16-13-20)14-11-19-7-9-21(25)10-8-19/h3-10,20H,2,11-18H2,1H3. The first-order chi connectivity index (χ1) is 14.2. The Morgan fingerprint density at radius 3 is 2.55 bits per heavy atom. The summed E-state index contributed by atoms with van der Waals surface area (Å²) in [6.07, 6.45) is 3.50. The number of imidazole rings is 1. The average Bonchev–Trinajstić information content (AvgIpc) is 3.13. The summed E-state index contributed by atoms with van der Waals surface area (Å²) in [4.78, 5) is 7.64. The molecule has 0 amide bonds. The third-order valence-electron chi connectivity index (χ3n) is 5.93. The van der Waals surface area contributed by atoms with Crippen molar-refractivity contribution in [2.45, 2.75) is 38.6 Å². The first-order valence-corrected chi connectivity index (χ1v) is 11.8. The number of hydrogen-bond acceptors (Lipinski definition) is 3. The second-order valence-corrected chi connectivity index (χ2v) is 9.05. The van der Waals surface area contributed by atoms with E-state index >= 15 is 0 Å². The van der Waals surface area contributed by atoms with Crippen LogP contribution in [0.25, 0.3) is 11.0 Å². The van der Waals surface area contributed by atoms with Crippen molar-refractivity contribution >= 4 is 33.6 Å². The minimum Gasteiger partial charge on any atom is -0.380 e. The molecule has 154 valence electrons. The summed E-state index contributed by atoms with van der Waals surface area (Å²) in [5, 5.41) is 0. The summed E-state index contributed by atoms with van der Waals surface area (Å²) in [6.45, 7) is 7.91. The van der Waals surface area contributed by atoms with Gasteiger partial charge < -0.3 is 14.2 Å². The molecule has 0 saturated carbocycles. The van der Waals surface area contributed by atoms with Crippen molar-refractivity contribution < 1.29 is 4.74 Å². The van der Waals surface area contributed by atoms with Gasteiger partial charge in [-0.3, -0.25) is 0 Å². The molecule has 5 heteroatoms. The minimum atomic E-state index is 0.540. The molecular weight excluding hydrogens is 473 g/mol. The Labute approximate surface area is 187 Å². The van der Waals surface area contributed by atoms with Crippen LogP contribution in [0.2, 0.25) is 0 Å². The summed E-state index contributed by atoms with van der Waals surface area (Å²) >= 11 is 2.37. The molecule has 2 heterocycles. The first kappa shape index (κ1) is 20.8. The van der Waals surface area contributed by atoms with Crippen molar-refractivity contribution in [3.63, 3.8) is 0 Å². The van der Waals surface area contributed by atoms with E-state index in [1.165, 1.54) is 33.3 Å². The third-order valence-corrected chi connectivity index (χ3v) is 6.65. The van der Waals surface area contributed by atoms with Gasteiger partial charge in [0.25, 0.3) is 0 Å². The van der Waals surface area contributed by atoms with Gasteiger partial charge in [-0.05, 0) is 91.7 Å². The van der Waals surface area contributed by atoms with Gasteiger partial charge in [0.05, 0.1) is 17.6 Å². The highest BCUT2D eigenvalue weighted by Gasteiger charge is 2.25. The lowest BCUT2D eigenvalue weighted by molar-refractivity contribution is 0.138. The Balaban J connectivity index is 1.39. The highest BCUT2D eigenvalue weighted by Crippen LogP contribution is 2.30. The van der Waals surface area contributed by atoms with Gasteiger partial charge in [0.1, 0.15) is 5.82 Å². The van der Waals surface area contributed by atoms with Crippen molar-refractivity contribution in [2.24, 2.45) is 0 Å². The van der Waals surface area contributed by atoms with Crippen LogP contribution in [0.4, 0.5) is 0 Å². The molecule has 0 N–H and O–H groups in total. The number of nitrogens with zero attached hydrogens (tertiary/aromatic N) is 3. The maximum absolute atomic E-state index is 5.64. The zero-order valence-electron chi connectivity index (χ0n) is 17.2. The quantitative estimate of drug-likeness (QED) is 0.317. The van der Waals surface area contributed by atoms with E-state index in [1.54, 1.807) is 0 Å². The van der Waals surface area contributed by atoms with Gasteiger partial charge in [-0.25, -0.2) is 4.98 Å². The summed E-state index contributed by atoms with van der Waals surface area (Å²) in [7, 11) is 0. The number of piperidine rings is 1. The SMILES string of the molecule is CCOCCn1c(C2CCN(CCc3ccc(I)cc3)CC2)nc2ccccc21. The second-order valence-electron chi connectivity index (χ2n) is 7.80. The zero-order chi connectivity index (χ0) is 20.1. The van der Waals surface area contributed by atoms with E-state index in [0.717, 1.165) is 51.3 Å². The highest BCUT2D eigenvalue weighted by molar-refractivity contribution is 14.1. The molecule has 29 heavy (non-hydrogen) atoms. The molecule has 0 radical (unpaired) electrons. The fraction of sp³-hybridized carbons (Fsp3) is 0.458. The van der Waals surface area contributed by atoms with Crippen molar-refractivity contribution in [1.29, 1.82) is 0 Å². The lowest BCUT2D eigenvalue weighted by Crippen LogP contribution is -2.35. The molecule has 0 atom stereocenters. The Morgan fingerprint density at radius 1 is 1.03 bits per heavy atom. The van der Waals surface area contributed by atoms with Crippen molar-refractivity contribution in [3.8, 4) is 0 Å². The molecule has 1 aromatic heterocycles. The lowest BCUT2D eigenvalue weighted by Gasteiger charge is -2.32. The van der Waals surface area contributed by atoms with Gasteiger partial charge in [-0.15, -0.1) is 0 Å². The number of para-hydroxylation sites is 2. The van der Waals surface area contributed by atoms with E-state index in [4.69, 9.17) is 9.72 Å². The van der Waals surface area contributed by atoms with Gasteiger partial charge in [0.2, 0.25) is 0 Å². The van der Waals surface area contributed by atoms with Crippen molar-refractivity contribution in [3.05, 3.63) is 63.5 Å². The Morgan fingerprint density at radius 2 is 1.79 bits per heavy atom. The number of hydrogen-bond donors (Lipinski definition) is 0. The molecule has 1 aliphatic rings. The number of benzene rings is 2. The van der Waals surface area contributed by atoms with Gasteiger partial charge in [-0.2, -0.15) is 0 Å². The molecule has 0 bridgehead atoms. The summed E-state index contributed by atoms with van der Waals surface area (Å²) in [5.41, 5.74) is 3.79. The average molecular weight is 503 g/mol. The third kappa shape index (κ3) is 5.19. The van der Waals surface area contributed by atoms with Gasteiger partial charge in [-0.1, -0.05) is 24.3 Å². The van der Waals surface area contributed by atoms with Gasteiger partial charge in [0.15, 0.2) is 0 Å². The maximum Gasteiger partial charge on any atom is 0.113 e. The number of halogens is 1. The van der Waals surface area contributed by atoms with Crippen LogP contribution in [0.15, 0.2) is 48.5 Å². The number of rotatable bonds is 8. The maximum atomic E-state index is 5.64. The summed E-state index contributed by atoms with van der Waals surface area (Å²) < 4.78 is 9.34. The first-order valence-electron chi connectivity index (χ1n) is 10.7. The van der Waals surface area contributed by atoms with Crippen molar-refractivity contribution in [2.75, 3.05) is 32.8 Å². The van der Waals surface area contributed by atoms with Crippen LogP contribution in [0.3, 0.4) is 0 Å². The largest absolute Gasteiger partial charge is 0.380 e. The van der Waals surface area contributed by atoms with Crippen LogP contribution in [-0.4, -0.2) is 47.3 Å². The minimum absolute atomic E-state index is 0.540. The molecule has 0 unspecified atom stereocenters. The zero-order valence-corrected chi connectivity index (χ0v) is 19.3. The normalized spacial score (nSPS) is 15.9. The molecule has 2 aromatic carbocycles. The van der Waals surface area contributed by atoms with Crippen molar-refractivity contribution in [1.82, 2.24) is 14.5 Å². The molecule has 0 spiro atoms. The van der Waals surface area contributed by atoms with Crippen LogP contribution in [0.1, 0.15) is 37.1 Å². The molecule has 1 saturated heterocycles. The molecule has 4 rings (SSSR count). The second kappa shape index (κ2) is 10.0. The summed E-state index contributed by atoms with van der Waals surface area (Å²) in [5.74, 6) is 1.79. The van der Waals surface area contributed by atoms with E-state index in [9.17, 15) is 0 Å². The Kier molecular flexibility index (Phi) is 7.21. The molecule has 1 fully saturated rings. The molecule has 4 nitrogen and oxygen atoms in total. The van der Waals surface area contributed by atoms with E-state index in [1.807, 2.05) is 0 Å². The van der Waals surface area contributed by atoms with E-state index in [0.29, 0.717) is 5.92 Å². The highest BCUT2D eigenvalue weighted by atomic mass is 127. The fourth-order valence-electron chi connectivity index (χ4n) is 4.29. The Bertz CT molecular complexity index is 914. The summed E-state index contributed by atoms with van der Waals surface area (Å²) in [6, 6.07) is 17.4. The fourth-order valence-corrected chi connectivity index (χ4v) is 4.65. The number of likely N-dealkylation sites (tertiary alicyclic amines) is 1. The van der Waals surface area contributed by atoms with Crippen LogP contribution in [-0.2, 0) is 17.7 Å². The molecular formula is C24H30IN3O. The Hall–Kier alpha value is -1.44. The molecule has 1 aliphatic heterocycles. The van der Waals surface area contributed by atoms with Crippen LogP contribution in [0.5, 0.6) is 0 Å². The predicted octanol–water partition coefficient (Wildman–Crippen LogP) is 5.10. The van der Waals surface area contributed by atoms with Crippen LogP contribution < -0.4 is 0 Å². The number of ether oxygens (including phenoxy) is 1.